The lowest BCUT2D eigenvalue weighted by atomic mass is 9.86. The first-order valence-electron chi connectivity index (χ1n) is 11.9. The number of hydrogen-bond acceptors (Lipinski definition) is 3. The molecule has 0 saturated carbocycles. The van der Waals surface area contributed by atoms with Crippen molar-refractivity contribution >= 4 is 12.2 Å². The topological polar surface area (TPSA) is 57.6 Å². The van der Waals surface area contributed by atoms with Crippen LogP contribution in [-0.2, 0) is 12.8 Å². The van der Waals surface area contributed by atoms with Gasteiger partial charge in [0, 0.05) is 19.2 Å². The van der Waals surface area contributed by atoms with Gasteiger partial charge in [0.05, 0.1) is 11.2 Å². The van der Waals surface area contributed by atoms with Gasteiger partial charge in [-0.1, -0.05) is 76.1 Å². The maximum absolute atomic E-state index is 12.8. The molecule has 174 valence electrons. The monoisotopic (exact) mass is 437 g/mol. The van der Waals surface area contributed by atoms with Crippen LogP contribution in [0.4, 0.5) is 0 Å². The Morgan fingerprint density at radius 3 is 2.34 bits per heavy atom. The summed E-state index contributed by atoms with van der Waals surface area (Å²) in [7, 11) is 1.79. The lowest BCUT2D eigenvalue weighted by Crippen LogP contribution is -2.32. The van der Waals surface area contributed by atoms with Gasteiger partial charge in [-0.2, -0.15) is 0 Å². The number of hydrogen-bond donors (Lipinski definition) is 1. The summed E-state index contributed by atoms with van der Waals surface area (Å²) >= 11 is 0. The molecule has 2 aromatic rings. The van der Waals surface area contributed by atoms with E-state index < -0.39 is 5.60 Å². The number of benzene rings is 2. The van der Waals surface area contributed by atoms with Crippen LogP contribution in [0.3, 0.4) is 0 Å². The second-order valence-corrected chi connectivity index (χ2v) is 9.24. The Bertz CT molecular complexity index is 870. The van der Waals surface area contributed by atoms with Crippen molar-refractivity contribution in [3.05, 3.63) is 70.8 Å². The molecule has 4 nitrogen and oxygen atoms in total. The minimum Gasteiger partial charge on any atom is -0.390 e. The summed E-state index contributed by atoms with van der Waals surface area (Å²) in [6, 6.07) is 15.5. The molecule has 0 fully saturated rings. The SMILES string of the molecule is CCCC(O)(CCC)CCc1cccc(CC(C)CN(C)C(=O)c2ccccc2C=O)c1. The van der Waals surface area contributed by atoms with E-state index in [-0.39, 0.29) is 11.8 Å². The van der Waals surface area contributed by atoms with Crippen LogP contribution in [0, 0.1) is 5.92 Å². The van der Waals surface area contributed by atoms with Crippen molar-refractivity contribution in [2.45, 2.75) is 71.3 Å². The van der Waals surface area contributed by atoms with E-state index in [0.29, 0.717) is 17.7 Å². The molecular formula is C28H39NO3. The van der Waals surface area contributed by atoms with Gasteiger partial charge < -0.3 is 10.0 Å². The first-order chi connectivity index (χ1) is 15.3. The molecule has 0 aliphatic rings. The number of aldehydes is 1. The summed E-state index contributed by atoms with van der Waals surface area (Å²) in [6.07, 6.45) is 6.97. The highest BCUT2D eigenvalue weighted by Gasteiger charge is 2.24. The summed E-state index contributed by atoms with van der Waals surface area (Å²) in [5.74, 6) is 0.152. The highest BCUT2D eigenvalue weighted by atomic mass is 16.3. The van der Waals surface area contributed by atoms with Gasteiger partial charge >= 0.3 is 0 Å². The van der Waals surface area contributed by atoms with E-state index in [1.807, 2.05) is 0 Å². The second kappa shape index (κ2) is 12.5. The number of nitrogens with zero attached hydrogens (tertiary/aromatic N) is 1. The maximum Gasteiger partial charge on any atom is 0.254 e. The summed E-state index contributed by atoms with van der Waals surface area (Å²) in [6.45, 7) is 7.01. The molecule has 0 spiro atoms. The Kier molecular flexibility index (Phi) is 10.1. The summed E-state index contributed by atoms with van der Waals surface area (Å²) in [5.41, 5.74) is 2.82. The van der Waals surface area contributed by atoms with Crippen molar-refractivity contribution in [2.75, 3.05) is 13.6 Å². The van der Waals surface area contributed by atoms with Crippen LogP contribution in [0.5, 0.6) is 0 Å². The van der Waals surface area contributed by atoms with Gasteiger partial charge in [0.25, 0.3) is 5.91 Å². The maximum atomic E-state index is 12.8. The molecule has 0 aliphatic heterocycles. The van der Waals surface area contributed by atoms with Gasteiger partial charge in [0.2, 0.25) is 0 Å². The quantitative estimate of drug-likeness (QED) is 0.408. The van der Waals surface area contributed by atoms with E-state index in [0.717, 1.165) is 51.2 Å². The lowest BCUT2D eigenvalue weighted by Gasteiger charge is -2.27. The number of carbonyl (C=O) groups is 2. The van der Waals surface area contributed by atoms with Crippen LogP contribution in [0.1, 0.15) is 84.7 Å². The molecule has 1 unspecified atom stereocenters. The van der Waals surface area contributed by atoms with Crippen molar-refractivity contribution in [3.8, 4) is 0 Å². The Balaban J connectivity index is 1.96. The van der Waals surface area contributed by atoms with Crippen molar-refractivity contribution in [1.82, 2.24) is 4.90 Å². The molecule has 1 N–H and O–H groups in total. The fraction of sp³-hybridized carbons (Fsp3) is 0.500. The van der Waals surface area contributed by atoms with Gasteiger partial charge in [0.1, 0.15) is 0 Å². The molecule has 0 aromatic heterocycles. The summed E-state index contributed by atoms with van der Waals surface area (Å²) in [5, 5.41) is 10.9. The first-order valence-corrected chi connectivity index (χ1v) is 11.9. The van der Waals surface area contributed by atoms with Gasteiger partial charge in [-0.05, 0) is 55.2 Å². The average Bonchev–Trinajstić information content (AvgIpc) is 2.77. The zero-order valence-electron chi connectivity index (χ0n) is 20.1. The third-order valence-corrected chi connectivity index (χ3v) is 6.14. The van der Waals surface area contributed by atoms with Crippen LogP contribution >= 0.6 is 0 Å². The number of rotatable bonds is 13. The number of carbonyl (C=O) groups excluding carboxylic acids is 2. The predicted molar refractivity (Wildman–Crippen MR) is 131 cm³/mol. The molecule has 4 heteroatoms. The molecule has 0 saturated heterocycles. The molecule has 32 heavy (non-hydrogen) atoms. The van der Waals surface area contributed by atoms with Gasteiger partial charge in [-0.15, -0.1) is 0 Å². The van der Waals surface area contributed by atoms with Crippen LogP contribution < -0.4 is 0 Å². The minimum absolute atomic E-state index is 0.126. The molecule has 0 heterocycles. The predicted octanol–water partition coefficient (Wildman–Crippen LogP) is 5.71. The third-order valence-electron chi connectivity index (χ3n) is 6.14. The van der Waals surface area contributed by atoms with Crippen molar-refractivity contribution < 1.29 is 14.7 Å². The van der Waals surface area contributed by atoms with Crippen LogP contribution in [0.25, 0.3) is 0 Å². The van der Waals surface area contributed by atoms with E-state index in [4.69, 9.17) is 0 Å². The Morgan fingerprint density at radius 2 is 1.69 bits per heavy atom. The molecule has 0 bridgehead atoms. The molecule has 1 amide bonds. The van der Waals surface area contributed by atoms with Crippen LogP contribution in [0.2, 0.25) is 0 Å². The largest absolute Gasteiger partial charge is 0.390 e. The van der Waals surface area contributed by atoms with Crippen molar-refractivity contribution in [2.24, 2.45) is 5.92 Å². The van der Waals surface area contributed by atoms with Gasteiger partial charge in [-0.25, -0.2) is 0 Å². The van der Waals surface area contributed by atoms with E-state index >= 15 is 0 Å². The summed E-state index contributed by atoms with van der Waals surface area (Å²) < 4.78 is 0. The zero-order chi connectivity index (χ0) is 23.6. The zero-order valence-corrected chi connectivity index (χ0v) is 20.1. The van der Waals surface area contributed by atoms with Crippen LogP contribution in [0.15, 0.2) is 48.5 Å². The molecular weight excluding hydrogens is 398 g/mol. The normalized spacial score (nSPS) is 12.4. The highest BCUT2D eigenvalue weighted by Crippen LogP contribution is 2.26. The highest BCUT2D eigenvalue weighted by molar-refractivity contribution is 6.01. The number of aryl methyl sites for hydroxylation is 1. The molecule has 1 atom stereocenters. The molecule has 0 radical (unpaired) electrons. The first kappa shape index (κ1) is 25.8. The molecule has 2 rings (SSSR count). The Labute approximate surface area is 193 Å². The fourth-order valence-corrected chi connectivity index (χ4v) is 4.61. The standard InChI is InChI=1S/C28H39NO3/c1-5-15-28(32,16-6-2)17-14-23-10-9-11-24(19-23)18-22(3)20-29(4)27(31)26-13-8-7-12-25(26)21-30/h7-13,19,21-22,32H,5-6,14-18,20H2,1-4H3. The van der Waals surface area contributed by atoms with Gasteiger partial charge in [0.15, 0.2) is 6.29 Å². The second-order valence-electron chi connectivity index (χ2n) is 9.24. The van der Waals surface area contributed by atoms with Crippen molar-refractivity contribution in [1.29, 1.82) is 0 Å². The van der Waals surface area contributed by atoms with E-state index in [9.17, 15) is 14.7 Å². The lowest BCUT2D eigenvalue weighted by molar-refractivity contribution is 0.0132. The van der Waals surface area contributed by atoms with E-state index in [2.05, 4.69) is 45.0 Å². The smallest absolute Gasteiger partial charge is 0.254 e. The Morgan fingerprint density at radius 1 is 1.03 bits per heavy atom. The average molecular weight is 438 g/mol. The number of amides is 1. The summed E-state index contributed by atoms with van der Waals surface area (Å²) in [4.78, 5) is 25.7. The minimum atomic E-state index is -0.562. The number of aliphatic hydroxyl groups is 1. The Hall–Kier alpha value is -2.46. The van der Waals surface area contributed by atoms with Crippen LogP contribution in [-0.4, -0.2) is 41.4 Å². The fourth-order valence-electron chi connectivity index (χ4n) is 4.61. The molecule has 2 aromatic carbocycles. The van der Waals surface area contributed by atoms with E-state index in [1.165, 1.54) is 11.1 Å². The third kappa shape index (κ3) is 7.59. The van der Waals surface area contributed by atoms with E-state index in [1.54, 1.807) is 36.2 Å². The van der Waals surface area contributed by atoms with Gasteiger partial charge in [-0.3, -0.25) is 9.59 Å². The molecule has 0 aliphatic carbocycles. The van der Waals surface area contributed by atoms with Crippen molar-refractivity contribution in [3.63, 3.8) is 0 Å².